The lowest BCUT2D eigenvalue weighted by Gasteiger charge is -2.14. The van der Waals surface area contributed by atoms with Crippen molar-refractivity contribution in [1.29, 1.82) is 0 Å². The maximum absolute atomic E-state index is 13.3. The largest absolute Gasteiger partial charge is 0.493 e. The number of hydrogen-bond donors (Lipinski definition) is 1. The summed E-state index contributed by atoms with van der Waals surface area (Å²) in [6, 6.07) is 18.7. The summed E-state index contributed by atoms with van der Waals surface area (Å²) in [6.45, 7) is 5.09. The zero-order chi connectivity index (χ0) is 31.9. The van der Waals surface area contributed by atoms with Crippen molar-refractivity contribution >= 4 is 62.8 Å². The van der Waals surface area contributed by atoms with E-state index in [4.69, 9.17) is 26.2 Å². The number of nitrogens with one attached hydrogen (secondary N) is 1. The molecule has 1 N–H and O–H groups in total. The van der Waals surface area contributed by atoms with Crippen molar-refractivity contribution in [2.45, 2.75) is 49.0 Å². The number of methoxy groups -OCH3 is 1. The van der Waals surface area contributed by atoms with Crippen LogP contribution in [0.15, 0.2) is 59.5 Å². The smallest absolute Gasteiger partial charge is 0.354 e. The Labute approximate surface area is 280 Å². The highest BCUT2D eigenvalue weighted by Crippen LogP contribution is 2.43. The molecule has 7 rings (SSSR count). The Morgan fingerprint density at radius 2 is 1.91 bits per heavy atom. The number of hydrogen-bond acceptors (Lipinski definition) is 7. The van der Waals surface area contributed by atoms with Crippen molar-refractivity contribution in [3.63, 3.8) is 0 Å². The number of esters is 1. The lowest BCUT2D eigenvalue weighted by Crippen LogP contribution is -2.13. The van der Waals surface area contributed by atoms with Crippen LogP contribution in [0, 0.1) is 13.8 Å². The number of nitrogens with zero attached hydrogens (tertiary/aromatic N) is 4. The van der Waals surface area contributed by atoms with Gasteiger partial charge in [0, 0.05) is 79.6 Å². The summed E-state index contributed by atoms with van der Waals surface area (Å²) in [5.74, 6) is 2.67. The SMILES string of the molecule is COC(=O)c1c(C)c2c3c(Cl)ccc2n1CCCOc1cc(cc2ccccc12)SCc1cc([nH]n1)CSCc1nn(C)c(C)c1-3. The van der Waals surface area contributed by atoms with E-state index < -0.39 is 0 Å². The molecular formula is C35H34ClN5O3S2. The van der Waals surface area contributed by atoms with Crippen molar-refractivity contribution in [2.24, 2.45) is 7.05 Å². The zero-order valence-corrected chi connectivity index (χ0v) is 28.5. The molecule has 46 heavy (non-hydrogen) atoms. The van der Waals surface area contributed by atoms with Crippen LogP contribution in [-0.2, 0) is 35.6 Å². The maximum atomic E-state index is 13.3. The van der Waals surface area contributed by atoms with Crippen LogP contribution in [0.5, 0.6) is 5.75 Å². The van der Waals surface area contributed by atoms with E-state index in [9.17, 15) is 4.79 Å². The van der Waals surface area contributed by atoms with Crippen molar-refractivity contribution in [3.05, 3.63) is 93.7 Å². The molecule has 8 nitrogen and oxygen atoms in total. The van der Waals surface area contributed by atoms with Gasteiger partial charge < -0.3 is 14.0 Å². The minimum absolute atomic E-state index is 0.375. The van der Waals surface area contributed by atoms with Crippen LogP contribution in [0.4, 0.5) is 0 Å². The van der Waals surface area contributed by atoms with E-state index >= 15 is 0 Å². The molecule has 0 amide bonds. The topological polar surface area (TPSA) is 87.0 Å². The average molecular weight is 672 g/mol. The summed E-state index contributed by atoms with van der Waals surface area (Å²) >= 11 is 10.6. The van der Waals surface area contributed by atoms with Gasteiger partial charge in [0.15, 0.2) is 0 Å². The third kappa shape index (κ3) is 5.56. The Morgan fingerprint density at radius 1 is 1.07 bits per heavy atom. The number of ether oxygens (including phenoxy) is 2. The third-order valence-corrected chi connectivity index (χ3v) is 10.9. The molecular weight excluding hydrogens is 638 g/mol. The van der Waals surface area contributed by atoms with E-state index in [1.165, 1.54) is 7.11 Å². The van der Waals surface area contributed by atoms with Crippen molar-refractivity contribution in [3.8, 4) is 16.9 Å². The van der Waals surface area contributed by atoms with Gasteiger partial charge in [-0.2, -0.15) is 10.2 Å². The van der Waals surface area contributed by atoms with E-state index in [2.05, 4.69) is 58.1 Å². The molecule has 3 aromatic carbocycles. The Balaban J connectivity index is 1.36. The molecule has 1 aliphatic rings. The van der Waals surface area contributed by atoms with Gasteiger partial charge in [0.2, 0.25) is 0 Å². The fourth-order valence-corrected chi connectivity index (χ4v) is 8.36. The quantitative estimate of drug-likeness (QED) is 0.175. The van der Waals surface area contributed by atoms with Crippen LogP contribution < -0.4 is 4.74 Å². The van der Waals surface area contributed by atoms with Gasteiger partial charge >= 0.3 is 5.97 Å². The molecule has 0 fully saturated rings. The second-order valence-corrected chi connectivity index (χ2v) is 13.9. The Morgan fingerprint density at radius 3 is 2.76 bits per heavy atom. The van der Waals surface area contributed by atoms with Gasteiger partial charge in [-0.25, -0.2) is 4.79 Å². The molecule has 0 saturated heterocycles. The summed E-state index contributed by atoms with van der Waals surface area (Å²) in [5, 5.41) is 16.5. The molecule has 0 spiro atoms. The second kappa shape index (κ2) is 12.7. The summed E-state index contributed by atoms with van der Waals surface area (Å²) in [4.78, 5) is 14.4. The lowest BCUT2D eigenvalue weighted by molar-refractivity contribution is 0.0587. The van der Waals surface area contributed by atoms with E-state index in [1.54, 1.807) is 23.5 Å². The highest BCUT2D eigenvalue weighted by Gasteiger charge is 2.27. The van der Waals surface area contributed by atoms with Crippen LogP contribution in [-0.4, -0.2) is 44.2 Å². The Hall–Kier alpha value is -3.86. The number of aryl methyl sites for hydroxylation is 3. The van der Waals surface area contributed by atoms with Crippen molar-refractivity contribution in [2.75, 3.05) is 13.7 Å². The maximum Gasteiger partial charge on any atom is 0.354 e. The molecule has 0 saturated carbocycles. The standard InChI is InChI=1S/C35H34ClN5O3S2/c1-20-31-29-11-10-27(36)33(31)32-21(2)40(3)39-28(32)19-45-17-23-15-24(38-37-23)18-46-25-14-22-8-5-6-9-26(22)30(16-25)44-13-7-12-41(29)34(20)35(42)43-4/h5-6,8-11,14-16H,7,12-13,17-19H2,1-4H3,(H,37,38). The number of aromatic nitrogens is 5. The number of carbonyl (C=O) groups excluding carboxylic acids is 1. The van der Waals surface area contributed by atoms with Crippen molar-refractivity contribution in [1.82, 2.24) is 24.5 Å². The van der Waals surface area contributed by atoms with Crippen LogP contribution in [0.2, 0.25) is 5.02 Å². The summed E-state index contributed by atoms with van der Waals surface area (Å²) in [6.07, 6.45) is 0.681. The van der Waals surface area contributed by atoms with Crippen LogP contribution in [0.3, 0.4) is 0 Å². The molecule has 6 aromatic rings. The zero-order valence-electron chi connectivity index (χ0n) is 26.1. The number of H-pyrrole nitrogens is 1. The van der Waals surface area contributed by atoms with Gasteiger partial charge in [0.05, 0.1) is 25.1 Å². The minimum Gasteiger partial charge on any atom is -0.493 e. The molecule has 0 unspecified atom stereocenters. The summed E-state index contributed by atoms with van der Waals surface area (Å²) in [5.41, 5.74) is 8.24. The number of thioether (sulfide) groups is 2. The number of aromatic amines is 1. The molecule has 236 valence electrons. The van der Waals surface area contributed by atoms with Crippen LogP contribution in [0.1, 0.15) is 45.2 Å². The number of fused-ring (bicyclic) bond motifs is 8. The van der Waals surface area contributed by atoms with Gasteiger partial charge in [-0.15, -0.1) is 23.5 Å². The Kier molecular flexibility index (Phi) is 8.52. The fraction of sp³-hybridized carbons (Fsp3) is 0.286. The molecule has 11 heteroatoms. The van der Waals surface area contributed by atoms with E-state index in [0.29, 0.717) is 36.0 Å². The number of carbonyl (C=O) groups is 1. The van der Waals surface area contributed by atoms with Crippen LogP contribution >= 0.6 is 35.1 Å². The number of benzene rings is 3. The first kappa shape index (κ1) is 30.8. The van der Waals surface area contributed by atoms with Gasteiger partial charge in [-0.1, -0.05) is 35.9 Å². The first-order valence-electron chi connectivity index (χ1n) is 15.2. The number of halogens is 1. The van der Waals surface area contributed by atoms with Gasteiger partial charge in [-0.3, -0.25) is 9.78 Å². The Bertz CT molecular complexity index is 2110. The van der Waals surface area contributed by atoms with E-state index in [0.717, 1.165) is 83.3 Å². The summed E-state index contributed by atoms with van der Waals surface area (Å²) in [7, 11) is 3.38. The second-order valence-electron chi connectivity index (χ2n) is 11.5. The normalized spacial score (nSPS) is 14.2. The number of rotatable bonds is 1. The molecule has 0 aliphatic carbocycles. The first-order valence-corrected chi connectivity index (χ1v) is 17.7. The highest BCUT2D eigenvalue weighted by molar-refractivity contribution is 7.98. The monoisotopic (exact) mass is 671 g/mol. The molecule has 8 bridgehead atoms. The molecule has 0 atom stereocenters. The van der Waals surface area contributed by atoms with Crippen molar-refractivity contribution < 1.29 is 14.3 Å². The molecule has 1 aliphatic heterocycles. The molecule has 4 heterocycles. The first-order chi connectivity index (χ1) is 22.3. The predicted molar refractivity (Wildman–Crippen MR) is 187 cm³/mol. The van der Waals surface area contributed by atoms with E-state index in [-0.39, 0.29) is 5.97 Å². The fourth-order valence-electron chi connectivity index (χ4n) is 6.38. The minimum atomic E-state index is -0.375. The van der Waals surface area contributed by atoms with Crippen LogP contribution in [0.25, 0.3) is 32.8 Å². The third-order valence-electron chi connectivity index (χ3n) is 8.61. The van der Waals surface area contributed by atoms with Gasteiger partial charge in [0.1, 0.15) is 11.4 Å². The van der Waals surface area contributed by atoms with Gasteiger partial charge in [0.25, 0.3) is 0 Å². The summed E-state index contributed by atoms with van der Waals surface area (Å²) < 4.78 is 15.7. The van der Waals surface area contributed by atoms with E-state index in [1.807, 2.05) is 36.9 Å². The average Bonchev–Trinajstić information content (AvgIpc) is 3.71. The highest BCUT2D eigenvalue weighted by atomic mass is 35.5. The molecule has 0 radical (unpaired) electrons. The van der Waals surface area contributed by atoms with Gasteiger partial charge in [-0.05, 0) is 61.5 Å². The lowest BCUT2D eigenvalue weighted by atomic mass is 9.97. The molecule has 3 aromatic heterocycles. The predicted octanol–water partition coefficient (Wildman–Crippen LogP) is 8.48.